The lowest BCUT2D eigenvalue weighted by Crippen LogP contribution is -2.29. The van der Waals surface area contributed by atoms with Crippen LogP contribution in [0.2, 0.25) is 0 Å². The van der Waals surface area contributed by atoms with E-state index >= 15 is 0 Å². The summed E-state index contributed by atoms with van der Waals surface area (Å²) in [4.78, 5) is 27.7. The first-order valence-corrected chi connectivity index (χ1v) is 12.4. The highest BCUT2D eigenvalue weighted by Gasteiger charge is 2.33. The minimum absolute atomic E-state index is 0.0241. The number of rotatable bonds is 10. The minimum Gasteiger partial charge on any atom is -0.403 e. The Morgan fingerprint density at radius 1 is 1.12 bits per heavy atom. The second-order valence-electron chi connectivity index (χ2n) is 9.60. The van der Waals surface area contributed by atoms with E-state index in [1.165, 1.54) is 12.3 Å². The average Bonchev–Trinajstić information content (AvgIpc) is 3.32. The first-order chi connectivity index (χ1) is 19.3. The van der Waals surface area contributed by atoms with Crippen LogP contribution in [0.15, 0.2) is 61.2 Å². The molecule has 0 fully saturated rings. The number of hydrogen-bond acceptors (Lipinski definition) is 7. The number of aromatic nitrogens is 3. The van der Waals surface area contributed by atoms with Crippen molar-refractivity contribution in [2.75, 3.05) is 49.8 Å². The molecule has 3 N–H and O–H groups in total. The molecular formula is C28H29F4N7O2. The fraction of sp³-hybridized carbons (Fsp3) is 0.250. The molecule has 2 heterocycles. The van der Waals surface area contributed by atoms with Crippen LogP contribution >= 0.6 is 0 Å². The lowest BCUT2D eigenvalue weighted by Gasteiger charge is -2.26. The maximum absolute atomic E-state index is 13.6. The number of aryl methyl sites for hydroxylation is 1. The molecule has 2 aromatic carbocycles. The number of ether oxygens (including phenoxy) is 1. The summed E-state index contributed by atoms with van der Waals surface area (Å²) in [5.41, 5.74) is 2.94. The number of aromatic amines is 1. The van der Waals surface area contributed by atoms with Crippen molar-refractivity contribution in [3.8, 4) is 17.0 Å². The molecule has 0 radical (unpaired) electrons. The number of carbonyl (C=O) groups excluding carboxylic acids is 1. The van der Waals surface area contributed by atoms with Gasteiger partial charge in [0, 0.05) is 55.1 Å². The van der Waals surface area contributed by atoms with Crippen molar-refractivity contribution in [3.63, 3.8) is 0 Å². The van der Waals surface area contributed by atoms with Crippen LogP contribution in [0.5, 0.6) is 5.75 Å². The van der Waals surface area contributed by atoms with Crippen LogP contribution < -0.4 is 20.3 Å². The predicted octanol–water partition coefficient (Wildman–Crippen LogP) is 6.00. The fourth-order valence-corrected chi connectivity index (χ4v) is 4.12. The van der Waals surface area contributed by atoms with E-state index in [4.69, 9.17) is 0 Å². The second kappa shape index (κ2) is 11.8. The molecule has 2 aromatic heterocycles. The molecular weight excluding hydrogens is 542 g/mol. The predicted molar refractivity (Wildman–Crippen MR) is 151 cm³/mol. The van der Waals surface area contributed by atoms with Crippen LogP contribution in [-0.2, 0) is 4.79 Å². The molecule has 0 aliphatic rings. The summed E-state index contributed by atoms with van der Waals surface area (Å²) in [5.74, 6) is -3.03. The Kier molecular flexibility index (Phi) is 8.47. The zero-order valence-electron chi connectivity index (χ0n) is 22.9. The number of alkyl halides is 3. The molecule has 0 aliphatic carbocycles. The number of para-hydroxylation sites is 1. The molecule has 0 bridgehead atoms. The average molecular weight is 572 g/mol. The smallest absolute Gasteiger partial charge is 0.403 e. The molecule has 41 heavy (non-hydrogen) atoms. The molecule has 1 amide bonds. The Morgan fingerprint density at radius 2 is 1.85 bits per heavy atom. The summed E-state index contributed by atoms with van der Waals surface area (Å²) >= 11 is 0. The van der Waals surface area contributed by atoms with Gasteiger partial charge in [0.15, 0.2) is 11.6 Å². The Hall–Kier alpha value is -4.65. The molecule has 4 aromatic rings. The third-order valence-corrected chi connectivity index (χ3v) is 6.17. The number of fused-ring (bicyclic) bond motifs is 1. The van der Waals surface area contributed by atoms with Gasteiger partial charge < -0.3 is 30.2 Å². The zero-order chi connectivity index (χ0) is 29.9. The quantitative estimate of drug-likeness (QED) is 0.159. The summed E-state index contributed by atoms with van der Waals surface area (Å²) in [7, 11) is 5.29. The van der Waals surface area contributed by atoms with E-state index in [9.17, 15) is 22.4 Å². The number of nitrogens with zero attached hydrogens (tertiary/aromatic N) is 4. The third-order valence-electron chi connectivity index (χ3n) is 6.17. The van der Waals surface area contributed by atoms with E-state index in [1.54, 1.807) is 18.1 Å². The number of benzene rings is 2. The van der Waals surface area contributed by atoms with Crippen molar-refractivity contribution in [1.82, 2.24) is 19.9 Å². The number of halogens is 4. The van der Waals surface area contributed by atoms with Crippen molar-refractivity contribution in [3.05, 3.63) is 66.8 Å². The van der Waals surface area contributed by atoms with E-state index < -0.39 is 23.8 Å². The SMILES string of the molecule is C=C(F)C(=O)Nc1cc(Nc2ncc(C)c(-c3c[nH]c4ccccc34)n2)c(OC(F)(F)F)cc1N(C)CCN(C)C. The lowest BCUT2D eigenvalue weighted by atomic mass is 10.1. The maximum Gasteiger partial charge on any atom is 0.573 e. The largest absolute Gasteiger partial charge is 0.573 e. The molecule has 0 atom stereocenters. The summed E-state index contributed by atoms with van der Waals surface area (Å²) in [6, 6.07) is 9.92. The van der Waals surface area contributed by atoms with Gasteiger partial charge in [0.1, 0.15) is 0 Å². The van der Waals surface area contributed by atoms with Gasteiger partial charge in [-0.2, -0.15) is 0 Å². The van der Waals surface area contributed by atoms with Crippen LogP contribution in [0.4, 0.5) is 40.6 Å². The normalized spacial score (nSPS) is 11.5. The molecule has 0 aliphatic heterocycles. The Labute approximate surface area is 233 Å². The topological polar surface area (TPSA) is 98.4 Å². The molecule has 0 saturated heterocycles. The zero-order valence-corrected chi connectivity index (χ0v) is 22.9. The summed E-state index contributed by atoms with van der Waals surface area (Å²) in [5, 5.41) is 6.05. The molecule has 9 nitrogen and oxygen atoms in total. The number of carbonyl (C=O) groups is 1. The van der Waals surface area contributed by atoms with Crippen LogP contribution in [0, 0.1) is 6.92 Å². The second-order valence-corrected chi connectivity index (χ2v) is 9.60. The molecule has 4 rings (SSSR count). The van der Waals surface area contributed by atoms with Crippen molar-refractivity contribution in [2.45, 2.75) is 13.3 Å². The van der Waals surface area contributed by atoms with E-state index in [1.807, 2.05) is 50.2 Å². The molecule has 0 saturated carbocycles. The van der Waals surface area contributed by atoms with E-state index in [0.29, 0.717) is 18.8 Å². The highest BCUT2D eigenvalue weighted by Crippen LogP contribution is 2.41. The standard InChI is InChI=1S/C28H29F4N7O2/c1-16-14-34-27(37-25(16)19-15-33-20-9-7-6-8-18(19)20)36-22-12-21(35-26(40)17(2)29)23(39(5)11-10-38(3)4)13-24(22)41-28(30,31)32/h6-9,12-15,33H,2,10-11H2,1,3-5H3,(H,35,40)(H,34,36,37). The van der Waals surface area contributed by atoms with Gasteiger partial charge in [0.25, 0.3) is 5.91 Å². The van der Waals surface area contributed by atoms with Crippen molar-refractivity contribution in [2.24, 2.45) is 0 Å². The molecule has 0 unspecified atom stereocenters. The van der Waals surface area contributed by atoms with Crippen molar-refractivity contribution >= 4 is 39.8 Å². The molecule has 13 heteroatoms. The number of nitrogens with one attached hydrogen (secondary N) is 3. The van der Waals surface area contributed by atoms with Crippen LogP contribution in [0.25, 0.3) is 22.2 Å². The van der Waals surface area contributed by atoms with Crippen molar-refractivity contribution < 1.29 is 27.1 Å². The Balaban J connectivity index is 1.80. The van der Waals surface area contributed by atoms with Gasteiger partial charge in [-0.05, 0) is 38.7 Å². The first kappa shape index (κ1) is 29.3. The van der Waals surface area contributed by atoms with E-state index in [-0.39, 0.29) is 23.0 Å². The molecule has 216 valence electrons. The summed E-state index contributed by atoms with van der Waals surface area (Å²) in [6.07, 6.45) is -1.70. The fourth-order valence-electron chi connectivity index (χ4n) is 4.12. The van der Waals surface area contributed by atoms with E-state index in [0.717, 1.165) is 28.1 Å². The highest BCUT2D eigenvalue weighted by atomic mass is 19.4. The number of anilines is 4. The van der Waals surface area contributed by atoms with Gasteiger partial charge in [-0.25, -0.2) is 14.4 Å². The maximum atomic E-state index is 13.6. The van der Waals surface area contributed by atoms with Crippen LogP contribution in [-0.4, -0.2) is 66.4 Å². The summed E-state index contributed by atoms with van der Waals surface area (Å²) < 4.78 is 58.4. The van der Waals surface area contributed by atoms with Gasteiger partial charge in [-0.15, -0.1) is 13.2 Å². The number of hydrogen-bond donors (Lipinski definition) is 3. The van der Waals surface area contributed by atoms with E-state index in [2.05, 4.69) is 36.9 Å². The highest BCUT2D eigenvalue weighted by molar-refractivity contribution is 6.04. The minimum atomic E-state index is -5.03. The Bertz CT molecular complexity index is 1580. The monoisotopic (exact) mass is 571 g/mol. The van der Waals surface area contributed by atoms with Crippen LogP contribution in [0.3, 0.4) is 0 Å². The van der Waals surface area contributed by atoms with Gasteiger partial charge in [0.05, 0.1) is 22.8 Å². The van der Waals surface area contributed by atoms with Gasteiger partial charge in [-0.3, -0.25) is 4.79 Å². The van der Waals surface area contributed by atoms with Crippen molar-refractivity contribution in [1.29, 1.82) is 0 Å². The number of likely N-dealkylation sites (N-methyl/N-ethyl adjacent to an activating group) is 2. The lowest BCUT2D eigenvalue weighted by molar-refractivity contribution is -0.274. The van der Waals surface area contributed by atoms with Gasteiger partial charge >= 0.3 is 6.36 Å². The first-order valence-electron chi connectivity index (χ1n) is 12.4. The molecule has 0 spiro atoms. The van der Waals surface area contributed by atoms with Gasteiger partial charge in [0.2, 0.25) is 5.95 Å². The van der Waals surface area contributed by atoms with Gasteiger partial charge in [-0.1, -0.05) is 24.8 Å². The van der Waals surface area contributed by atoms with Crippen LogP contribution in [0.1, 0.15) is 5.56 Å². The third kappa shape index (κ3) is 7.11. The number of H-pyrrole nitrogens is 1. The Morgan fingerprint density at radius 3 is 2.54 bits per heavy atom. The summed E-state index contributed by atoms with van der Waals surface area (Å²) in [6.45, 7) is 5.73. The number of amides is 1.